The molecule has 0 spiro atoms. The van der Waals surface area contributed by atoms with E-state index in [-0.39, 0.29) is 18.2 Å². The van der Waals surface area contributed by atoms with Crippen LogP contribution in [0.4, 0.5) is 10.1 Å². The second-order valence-electron chi connectivity index (χ2n) is 4.70. The molecule has 0 unspecified atom stereocenters. The van der Waals surface area contributed by atoms with E-state index < -0.39 is 0 Å². The normalized spacial score (nSPS) is 10.5. The Kier molecular flexibility index (Phi) is 7.75. The first-order valence-electron chi connectivity index (χ1n) is 7.52. The van der Waals surface area contributed by atoms with Gasteiger partial charge in [-0.15, -0.1) is 0 Å². The molecule has 1 aromatic carbocycles. The van der Waals surface area contributed by atoms with Gasteiger partial charge in [-0.1, -0.05) is 13.0 Å². The molecule has 0 fully saturated rings. The number of ether oxygens (including phenoxy) is 1. The highest BCUT2D eigenvalue weighted by Crippen LogP contribution is 2.21. The van der Waals surface area contributed by atoms with Gasteiger partial charge >= 0.3 is 5.97 Å². The number of esters is 1. The third-order valence-corrected chi connectivity index (χ3v) is 3.20. The Morgan fingerprint density at radius 3 is 2.71 bits per heavy atom. The summed E-state index contributed by atoms with van der Waals surface area (Å²) in [5.74, 6) is -0.513. The average Bonchev–Trinajstić information content (AvgIpc) is 2.48. The summed E-state index contributed by atoms with van der Waals surface area (Å²) < 4.78 is 18.9. The topological polar surface area (TPSA) is 41.6 Å². The maximum absolute atomic E-state index is 14.0. The fraction of sp³-hybridized carbons (Fsp3) is 0.562. The first-order chi connectivity index (χ1) is 10.1. The van der Waals surface area contributed by atoms with Gasteiger partial charge < -0.3 is 15.0 Å². The van der Waals surface area contributed by atoms with Crippen molar-refractivity contribution in [3.63, 3.8) is 0 Å². The highest BCUT2D eigenvalue weighted by atomic mass is 19.1. The van der Waals surface area contributed by atoms with Gasteiger partial charge in [0.15, 0.2) is 0 Å². The molecule has 0 aliphatic carbocycles. The van der Waals surface area contributed by atoms with Gasteiger partial charge in [-0.2, -0.15) is 0 Å². The maximum Gasteiger partial charge on any atom is 0.307 e. The van der Waals surface area contributed by atoms with Gasteiger partial charge in [-0.25, -0.2) is 4.39 Å². The Morgan fingerprint density at radius 1 is 1.33 bits per heavy atom. The van der Waals surface area contributed by atoms with Gasteiger partial charge in [-0.05, 0) is 38.1 Å². The van der Waals surface area contributed by atoms with Crippen LogP contribution in [-0.4, -0.2) is 32.2 Å². The van der Waals surface area contributed by atoms with Crippen molar-refractivity contribution in [1.29, 1.82) is 0 Å². The number of carbonyl (C=O) groups is 1. The third-order valence-electron chi connectivity index (χ3n) is 3.20. The van der Waals surface area contributed by atoms with Crippen molar-refractivity contribution in [1.82, 2.24) is 5.32 Å². The van der Waals surface area contributed by atoms with Crippen LogP contribution >= 0.6 is 0 Å². The van der Waals surface area contributed by atoms with Crippen molar-refractivity contribution in [2.75, 3.05) is 31.1 Å². The van der Waals surface area contributed by atoms with Crippen molar-refractivity contribution >= 4 is 11.7 Å². The number of rotatable bonds is 9. The van der Waals surface area contributed by atoms with Crippen LogP contribution in [0.3, 0.4) is 0 Å². The number of nitrogens with zero attached hydrogens (tertiary/aromatic N) is 1. The van der Waals surface area contributed by atoms with E-state index in [0.29, 0.717) is 31.9 Å². The molecule has 1 aromatic rings. The van der Waals surface area contributed by atoms with E-state index >= 15 is 0 Å². The molecule has 0 amide bonds. The molecule has 5 heteroatoms. The van der Waals surface area contributed by atoms with Gasteiger partial charge in [0.1, 0.15) is 5.82 Å². The van der Waals surface area contributed by atoms with Gasteiger partial charge in [0.2, 0.25) is 0 Å². The molecule has 0 atom stereocenters. The van der Waals surface area contributed by atoms with Crippen molar-refractivity contribution < 1.29 is 13.9 Å². The Balaban J connectivity index is 2.76. The predicted molar refractivity (Wildman–Crippen MR) is 82.9 cm³/mol. The van der Waals surface area contributed by atoms with Crippen LogP contribution in [-0.2, 0) is 16.1 Å². The fourth-order valence-electron chi connectivity index (χ4n) is 2.09. The van der Waals surface area contributed by atoms with Crippen LogP contribution in [0.25, 0.3) is 0 Å². The van der Waals surface area contributed by atoms with Crippen molar-refractivity contribution in [2.45, 2.75) is 33.7 Å². The van der Waals surface area contributed by atoms with E-state index in [2.05, 4.69) is 5.32 Å². The van der Waals surface area contributed by atoms with Crippen LogP contribution in [0.15, 0.2) is 18.2 Å². The van der Waals surface area contributed by atoms with E-state index in [9.17, 15) is 9.18 Å². The maximum atomic E-state index is 14.0. The number of hydrogen-bond donors (Lipinski definition) is 1. The summed E-state index contributed by atoms with van der Waals surface area (Å²) in [5, 5.41) is 3.22. The zero-order valence-corrected chi connectivity index (χ0v) is 13.1. The molecule has 4 nitrogen and oxygen atoms in total. The average molecular weight is 296 g/mol. The number of nitrogens with one attached hydrogen (secondary N) is 1. The summed E-state index contributed by atoms with van der Waals surface area (Å²) in [7, 11) is 0. The number of halogens is 1. The minimum atomic E-state index is -0.263. The predicted octanol–water partition coefficient (Wildman–Crippen LogP) is 2.71. The second kappa shape index (κ2) is 9.34. The summed E-state index contributed by atoms with van der Waals surface area (Å²) in [6.45, 7) is 8.80. The Morgan fingerprint density at radius 2 is 2.10 bits per heavy atom. The molecule has 0 saturated carbocycles. The SMILES string of the molecule is CCNCc1ccc(F)c(N(CC)CCC(=O)OCC)c1. The summed E-state index contributed by atoms with van der Waals surface area (Å²) in [6.07, 6.45) is 0.262. The quantitative estimate of drug-likeness (QED) is 0.711. The molecule has 21 heavy (non-hydrogen) atoms. The third kappa shape index (κ3) is 5.71. The van der Waals surface area contributed by atoms with E-state index in [0.717, 1.165) is 12.1 Å². The van der Waals surface area contributed by atoms with E-state index in [4.69, 9.17) is 4.74 Å². The number of hydrogen-bond acceptors (Lipinski definition) is 4. The second-order valence-corrected chi connectivity index (χ2v) is 4.70. The minimum absolute atomic E-state index is 0.250. The number of anilines is 1. The molecule has 1 N–H and O–H groups in total. The molecule has 0 heterocycles. The summed E-state index contributed by atoms with van der Waals surface area (Å²) in [6, 6.07) is 5.10. The molecule has 0 bridgehead atoms. The van der Waals surface area contributed by atoms with Gasteiger partial charge in [0.05, 0.1) is 18.7 Å². The molecule has 0 aliphatic rings. The molecule has 0 aliphatic heterocycles. The molecule has 118 valence electrons. The smallest absolute Gasteiger partial charge is 0.307 e. The molecule has 0 aromatic heterocycles. The molecular formula is C16H25FN2O2. The largest absolute Gasteiger partial charge is 0.466 e. The molecule has 0 saturated heterocycles. The summed E-state index contributed by atoms with van der Waals surface area (Å²) in [4.78, 5) is 13.3. The Hall–Kier alpha value is -1.62. The Labute approximate surface area is 126 Å². The molecule has 1 rings (SSSR count). The van der Waals surface area contributed by atoms with E-state index in [1.54, 1.807) is 13.0 Å². The van der Waals surface area contributed by atoms with E-state index in [1.807, 2.05) is 24.8 Å². The standard InChI is InChI=1S/C16H25FN2O2/c1-4-18-12-13-7-8-14(17)15(11-13)19(5-2)10-9-16(20)21-6-3/h7-8,11,18H,4-6,9-10,12H2,1-3H3. The minimum Gasteiger partial charge on any atom is -0.466 e. The van der Waals surface area contributed by atoms with Crippen molar-refractivity contribution in [3.05, 3.63) is 29.6 Å². The van der Waals surface area contributed by atoms with Gasteiger partial charge in [0, 0.05) is 19.6 Å². The van der Waals surface area contributed by atoms with Gasteiger partial charge in [0.25, 0.3) is 0 Å². The van der Waals surface area contributed by atoms with E-state index in [1.165, 1.54) is 6.07 Å². The van der Waals surface area contributed by atoms with Crippen LogP contribution in [0.1, 0.15) is 32.8 Å². The van der Waals surface area contributed by atoms with Crippen molar-refractivity contribution in [2.24, 2.45) is 0 Å². The zero-order valence-electron chi connectivity index (χ0n) is 13.1. The van der Waals surface area contributed by atoms with Crippen molar-refractivity contribution in [3.8, 4) is 0 Å². The number of carbonyl (C=O) groups excluding carboxylic acids is 1. The summed E-state index contributed by atoms with van der Waals surface area (Å²) >= 11 is 0. The highest BCUT2D eigenvalue weighted by molar-refractivity contribution is 5.70. The van der Waals surface area contributed by atoms with Crippen LogP contribution in [0.2, 0.25) is 0 Å². The fourth-order valence-corrected chi connectivity index (χ4v) is 2.09. The summed E-state index contributed by atoms with van der Waals surface area (Å²) in [5.41, 5.74) is 1.57. The number of benzene rings is 1. The monoisotopic (exact) mass is 296 g/mol. The van der Waals surface area contributed by atoms with Crippen LogP contribution in [0, 0.1) is 5.82 Å². The zero-order chi connectivity index (χ0) is 15.7. The lowest BCUT2D eigenvalue weighted by Crippen LogP contribution is -2.27. The first-order valence-corrected chi connectivity index (χ1v) is 7.52. The van der Waals surface area contributed by atoms with Gasteiger partial charge in [-0.3, -0.25) is 4.79 Å². The lowest BCUT2D eigenvalue weighted by atomic mass is 10.1. The lowest BCUT2D eigenvalue weighted by molar-refractivity contribution is -0.142. The first kappa shape index (κ1) is 17.4. The van der Waals surface area contributed by atoms with Crippen LogP contribution in [0.5, 0.6) is 0 Å². The lowest BCUT2D eigenvalue weighted by Gasteiger charge is -2.24. The molecular weight excluding hydrogens is 271 g/mol. The highest BCUT2D eigenvalue weighted by Gasteiger charge is 2.13. The van der Waals surface area contributed by atoms with Crippen LogP contribution < -0.4 is 10.2 Å². The molecule has 0 radical (unpaired) electrons. The Bertz CT molecular complexity index is 452.